The van der Waals surface area contributed by atoms with Gasteiger partial charge >= 0.3 is 0 Å². The zero-order chi connectivity index (χ0) is 14.5. The molecule has 1 aromatic rings. The lowest BCUT2D eigenvalue weighted by Gasteiger charge is -2.09. The van der Waals surface area contributed by atoms with Crippen molar-refractivity contribution in [2.75, 3.05) is 18.4 Å². The number of rotatable bonds is 6. The van der Waals surface area contributed by atoms with E-state index in [4.69, 9.17) is 0 Å². The van der Waals surface area contributed by atoms with E-state index >= 15 is 0 Å². The molecule has 6 heteroatoms. The third kappa shape index (κ3) is 5.93. The van der Waals surface area contributed by atoms with Crippen LogP contribution in [0, 0.1) is 18.8 Å². The Morgan fingerprint density at radius 3 is 2.90 bits per heavy atom. The van der Waals surface area contributed by atoms with E-state index in [0.717, 1.165) is 41.6 Å². The molecule has 0 radical (unpaired) electrons. The van der Waals surface area contributed by atoms with E-state index in [1.165, 1.54) is 6.42 Å². The predicted octanol–water partition coefficient (Wildman–Crippen LogP) is 3.40. The molecule has 1 amide bonds. The van der Waals surface area contributed by atoms with Crippen LogP contribution in [0.3, 0.4) is 0 Å². The van der Waals surface area contributed by atoms with Gasteiger partial charge in [0.2, 0.25) is 5.91 Å². The minimum absolute atomic E-state index is 0. The van der Waals surface area contributed by atoms with E-state index in [0.29, 0.717) is 18.3 Å². The van der Waals surface area contributed by atoms with E-state index in [1.54, 1.807) is 11.3 Å². The summed E-state index contributed by atoms with van der Waals surface area (Å²) in [7, 11) is 0. The molecule has 4 nitrogen and oxygen atoms in total. The van der Waals surface area contributed by atoms with Gasteiger partial charge < -0.3 is 10.6 Å². The van der Waals surface area contributed by atoms with Crippen LogP contribution in [0.15, 0.2) is 0 Å². The van der Waals surface area contributed by atoms with Crippen LogP contribution in [-0.4, -0.2) is 24.0 Å². The Kier molecular flexibility index (Phi) is 7.63. The van der Waals surface area contributed by atoms with Crippen LogP contribution < -0.4 is 10.6 Å². The number of nitrogens with zero attached hydrogens (tertiary/aromatic N) is 1. The van der Waals surface area contributed by atoms with Gasteiger partial charge in [-0.2, -0.15) is 0 Å². The fourth-order valence-electron chi connectivity index (χ4n) is 2.58. The Morgan fingerprint density at radius 1 is 1.52 bits per heavy atom. The summed E-state index contributed by atoms with van der Waals surface area (Å²) < 4.78 is 0. The summed E-state index contributed by atoms with van der Waals surface area (Å²) in [5.74, 6) is 1.35. The van der Waals surface area contributed by atoms with Crippen LogP contribution in [0.5, 0.6) is 0 Å². The van der Waals surface area contributed by atoms with E-state index in [9.17, 15) is 4.79 Å². The first-order valence-electron chi connectivity index (χ1n) is 7.51. The van der Waals surface area contributed by atoms with Gasteiger partial charge in [-0.3, -0.25) is 4.79 Å². The zero-order valence-electron chi connectivity index (χ0n) is 13.1. The second-order valence-electron chi connectivity index (χ2n) is 6.05. The highest BCUT2D eigenvalue weighted by atomic mass is 35.5. The Balaban J connectivity index is 0.00000220. The molecule has 0 aromatic carbocycles. The molecule has 1 fully saturated rings. The van der Waals surface area contributed by atoms with Crippen LogP contribution >= 0.6 is 23.7 Å². The van der Waals surface area contributed by atoms with Crippen molar-refractivity contribution in [1.82, 2.24) is 10.3 Å². The molecule has 1 aliphatic rings. The van der Waals surface area contributed by atoms with Crippen molar-refractivity contribution in [2.24, 2.45) is 11.8 Å². The third-order valence-electron chi connectivity index (χ3n) is 3.60. The van der Waals surface area contributed by atoms with Gasteiger partial charge in [-0.15, -0.1) is 23.7 Å². The first kappa shape index (κ1) is 18.4. The van der Waals surface area contributed by atoms with Crippen molar-refractivity contribution in [2.45, 2.75) is 46.5 Å². The standard InChI is InChI=1S/C15H25N3OS.ClH/c1-10(2)8-13-15(20-11(3)17-13)18-14(19)5-4-12-6-7-16-9-12;/h10,12,16H,4-9H2,1-3H3,(H,18,19);1H. The number of amides is 1. The average Bonchev–Trinajstić information content (AvgIpc) is 2.97. The fourth-order valence-corrected chi connectivity index (χ4v) is 3.44. The highest BCUT2D eigenvalue weighted by Crippen LogP contribution is 2.27. The number of nitrogens with one attached hydrogen (secondary N) is 2. The second kappa shape index (κ2) is 8.71. The SMILES string of the molecule is Cc1nc(CC(C)C)c(NC(=O)CCC2CCNC2)s1.Cl. The lowest BCUT2D eigenvalue weighted by Crippen LogP contribution is -2.15. The van der Waals surface area contributed by atoms with E-state index in [1.807, 2.05) is 6.92 Å². The van der Waals surface area contributed by atoms with Gasteiger partial charge in [0.15, 0.2) is 0 Å². The predicted molar refractivity (Wildman–Crippen MR) is 91.5 cm³/mol. The van der Waals surface area contributed by atoms with Crippen molar-refractivity contribution in [3.05, 3.63) is 10.7 Å². The Labute approximate surface area is 137 Å². The number of hydrogen-bond donors (Lipinski definition) is 2. The zero-order valence-corrected chi connectivity index (χ0v) is 14.7. The van der Waals surface area contributed by atoms with Crippen LogP contribution in [0.25, 0.3) is 0 Å². The minimum atomic E-state index is 0. The molecular weight excluding hydrogens is 306 g/mol. The highest BCUT2D eigenvalue weighted by molar-refractivity contribution is 7.16. The molecule has 21 heavy (non-hydrogen) atoms. The van der Waals surface area contributed by atoms with Gasteiger partial charge in [0, 0.05) is 6.42 Å². The van der Waals surface area contributed by atoms with Gasteiger partial charge in [0.1, 0.15) is 5.00 Å². The molecule has 1 unspecified atom stereocenters. The summed E-state index contributed by atoms with van der Waals surface area (Å²) in [6, 6.07) is 0. The highest BCUT2D eigenvalue weighted by Gasteiger charge is 2.17. The molecule has 0 saturated carbocycles. The normalized spacial score (nSPS) is 17.8. The number of aromatic nitrogens is 1. The first-order chi connectivity index (χ1) is 9.54. The van der Waals surface area contributed by atoms with E-state index < -0.39 is 0 Å². The van der Waals surface area contributed by atoms with Crippen molar-refractivity contribution in [1.29, 1.82) is 0 Å². The second-order valence-corrected chi connectivity index (χ2v) is 7.26. The van der Waals surface area contributed by atoms with Crippen molar-refractivity contribution in [3.8, 4) is 0 Å². The quantitative estimate of drug-likeness (QED) is 0.840. The minimum Gasteiger partial charge on any atom is -0.316 e. The monoisotopic (exact) mass is 331 g/mol. The average molecular weight is 332 g/mol. The number of carbonyl (C=O) groups excluding carboxylic acids is 1. The summed E-state index contributed by atoms with van der Waals surface area (Å²) in [4.78, 5) is 16.6. The topological polar surface area (TPSA) is 54.0 Å². The lowest BCUT2D eigenvalue weighted by atomic mass is 10.0. The number of aryl methyl sites for hydroxylation is 1. The van der Waals surface area contributed by atoms with E-state index in [-0.39, 0.29) is 18.3 Å². The Bertz CT molecular complexity index is 456. The smallest absolute Gasteiger partial charge is 0.225 e. The molecule has 1 aliphatic heterocycles. The molecule has 2 heterocycles. The Hall–Kier alpha value is -0.650. The molecule has 120 valence electrons. The number of halogens is 1. The maximum atomic E-state index is 12.1. The maximum Gasteiger partial charge on any atom is 0.225 e. The molecule has 2 N–H and O–H groups in total. The number of hydrogen-bond acceptors (Lipinski definition) is 4. The van der Waals surface area contributed by atoms with Crippen LogP contribution in [-0.2, 0) is 11.2 Å². The molecular formula is C15H26ClN3OS. The van der Waals surface area contributed by atoms with Crippen molar-refractivity contribution in [3.63, 3.8) is 0 Å². The number of anilines is 1. The Morgan fingerprint density at radius 2 is 2.29 bits per heavy atom. The first-order valence-corrected chi connectivity index (χ1v) is 8.33. The summed E-state index contributed by atoms with van der Waals surface area (Å²) >= 11 is 1.59. The maximum absolute atomic E-state index is 12.1. The molecule has 0 aliphatic carbocycles. The fraction of sp³-hybridized carbons (Fsp3) is 0.733. The van der Waals surface area contributed by atoms with Crippen LogP contribution in [0.1, 0.15) is 43.8 Å². The molecule has 0 spiro atoms. The summed E-state index contributed by atoms with van der Waals surface area (Å²) in [5.41, 5.74) is 1.04. The molecule has 1 saturated heterocycles. The molecule has 1 aromatic heterocycles. The number of carbonyl (C=O) groups is 1. The van der Waals surface area contributed by atoms with Crippen LogP contribution in [0.2, 0.25) is 0 Å². The summed E-state index contributed by atoms with van der Waals surface area (Å²) in [5, 5.41) is 8.37. The van der Waals surface area contributed by atoms with Crippen molar-refractivity contribution >= 4 is 34.7 Å². The van der Waals surface area contributed by atoms with Gasteiger partial charge in [0.05, 0.1) is 10.7 Å². The van der Waals surface area contributed by atoms with Gasteiger partial charge in [-0.1, -0.05) is 13.8 Å². The number of thiazole rings is 1. The van der Waals surface area contributed by atoms with Gasteiger partial charge in [-0.25, -0.2) is 4.98 Å². The van der Waals surface area contributed by atoms with E-state index in [2.05, 4.69) is 29.5 Å². The van der Waals surface area contributed by atoms with Crippen molar-refractivity contribution < 1.29 is 4.79 Å². The largest absolute Gasteiger partial charge is 0.316 e. The van der Waals surface area contributed by atoms with Gasteiger partial charge in [-0.05, 0) is 51.1 Å². The lowest BCUT2D eigenvalue weighted by molar-refractivity contribution is -0.116. The molecule has 0 bridgehead atoms. The van der Waals surface area contributed by atoms with Gasteiger partial charge in [0.25, 0.3) is 0 Å². The molecule has 1 atom stereocenters. The summed E-state index contributed by atoms with van der Waals surface area (Å²) in [6.07, 6.45) is 3.72. The van der Waals surface area contributed by atoms with Crippen LogP contribution in [0.4, 0.5) is 5.00 Å². The third-order valence-corrected chi connectivity index (χ3v) is 4.53. The molecule has 2 rings (SSSR count). The summed E-state index contributed by atoms with van der Waals surface area (Å²) in [6.45, 7) is 8.50.